The van der Waals surface area contributed by atoms with E-state index >= 15 is 0 Å². The van der Waals surface area contributed by atoms with Crippen molar-refractivity contribution in [2.24, 2.45) is 0 Å². The minimum Gasteiger partial charge on any atom is -0.474 e. The molecule has 1 spiro atoms. The summed E-state index contributed by atoms with van der Waals surface area (Å²) < 4.78 is 8.57. The van der Waals surface area contributed by atoms with Crippen molar-refractivity contribution in [1.82, 2.24) is 9.88 Å². The average Bonchev–Trinajstić information content (AvgIpc) is 2.86. The van der Waals surface area contributed by atoms with E-state index in [0.29, 0.717) is 5.82 Å². The molecule has 21 heavy (non-hydrogen) atoms. The van der Waals surface area contributed by atoms with Crippen LogP contribution in [0.3, 0.4) is 0 Å². The summed E-state index contributed by atoms with van der Waals surface area (Å²) in [6, 6.07) is 10.0. The molecule has 1 aromatic carbocycles. The summed E-state index contributed by atoms with van der Waals surface area (Å²) in [7, 11) is 0. The molecule has 0 atom stereocenters. The van der Waals surface area contributed by atoms with Crippen molar-refractivity contribution >= 4 is 5.82 Å². The van der Waals surface area contributed by atoms with Crippen LogP contribution in [-0.2, 0) is 5.60 Å². The maximum absolute atomic E-state index is 7.49. The smallest absolute Gasteiger partial charge is 0.235 e. The number of hydrogen-bond donors (Lipinski definition) is 1. The third-order valence-electron chi connectivity index (χ3n) is 4.54. The van der Waals surface area contributed by atoms with Gasteiger partial charge in [-0.15, -0.1) is 0 Å². The number of ether oxygens (including phenoxy) is 1. The molecule has 4 rings (SSSR count). The van der Waals surface area contributed by atoms with Gasteiger partial charge < -0.3 is 14.9 Å². The molecule has 2 aromatic rings. The molecule has 0 saturated carbocycles. The lowest BCUT2D eigenvalue weighted by Crippen LogP contribution is -2.47. The van der Waals surface area contributed by atoms with Crippen LogP contribution in [0.2, 0.25) is 0 Å². The van der Waals surface area contributed by atoms with Crippen LogP contribution in [0.5, 0.6) is 5.75 Å². The highest BCUT2D eigenvalue weighted by Crippen LogP contribution is 2.48. The Balaban J connectivity index is 2.03. The molecule has 1 aromatic heterocycles. The summed E-state index contributed by atoms with van der Waals surface area (Å²) in [5.41, 5.74) is 2.99. The van der Waals surface area contributed by atoms with Gasteiger partial charge in [0.2, 0.25) is 5.82 Å². The SMILES string of the molecule is [C-]#[N+]c1cc(C)c2n1-c1ccccc1OC21CCNCC1. The van der Waals surface area contributed by atoms with Gasteiger partial charge in [0.05, 0.1) is 0 Å². The molecular weight excluding hydrogens is 262 g/mol. The van der Waals surface area contributed by atoms with E-state index in [1.54, 1.807) is 0 Å². The maximum atomic E-state index is 7.49. The first-order valence-electron chi connectivity index (χ1n) is 7.35. The maximum Gasteiger partial charge on any atom is 0.235 e. The van der Waals surface area contributed by atoms with Gasteiger partial charge in [-0.05, 0) is 43.8 Å². The van der Waals surface area contributed by atoms with E-state index in [1.807, 2.05) is 30.3 Å². The Morgan fingerprint density at radius 1 is 1.29 bits per heavy atom. The van der Waals surface area contributed by atoms with Crippen molar-refractivity contribution < 1.29 is 4.74 Å². The minimum absolute atomic E-state index is 0.299. The van der Waals surface area contributed by atoms with Gasteiger partial charge >= 0.3 is 0 Å². The topological polar surface area (TPSA) is 30.5 Å². The molecular formula is C17H17N3O. The largest absolute Gasteiger partial charge is 0.474 e. The monoisotopic (exact) mass is 279 g/mol. The summed E-state index contributed by atoms with van der Waals surface area (Å²) >= 11 is 0. The Labute approximate surface area is 124 Å². The van der Waals surface area contributed by atoms with Gasteiger partial charge in [0, 0.05) is 12.8 Å². The summed E-state index contributed by atoms with van der Waals surface area (Å²) in [5, 5.41) is 3.40. The predicted octanol–water partition coefficient (Wildman–Crippen LogP) is 3.31. The number of nitrogens with one attached hydrogen (secondary N) is 1. The van der Waals surface area contributed by atoms with Gasteiger partial charge in [-0.3, -0.25) is 4.57 Å². The average molecular weight is 279 g/mol. The lowest BCUT2D eigenvalue weighted by molar-refractivity contribution is 0.0199. The fourth-order valence-corrected chi connectivity index (χ4v) is 3.66. The zero-order valence-corrected chi connectivity index (χ0v) is 12.0. The first-order chi connectivity index (χ1) is 10.2. The van der Waals surface area contributed by atoms with Crippen LogP contribution in [0.4, 0.5) is 5.82 Å². The molecule has 0 radical (unpaired) electrons. The van der Waals surface area contributed by atoms with Crippen LogP contribution in [0, 0.1) is 13.5 Å². The Hall–Kier alpha value is -2.25. The lowest BCUT2D eigenvalue weighted by atomic mass is 9.85. The van der Waals surface area contributed by atoms with Gasteiger partial charge in [0.1, 0.15) is 5.69 Å². The molecule has 0 unspecified atom stereocenters. The van der Waals surface area contributed by atoms with E-state index < -0.39 is 0 Å². The van der Waals surface area contributed by atoms with Crippen molar-refractivity contribution in [2.75, 3.05) is 13.1 Å². The third-order valence-corrected chi connectivity index (χ3v) is 4.54. The molecule has 106 valence electrons. The number of nitrogens with zero attached hydrogens (tertiary/aromatic N) is 2. The van der Waals surface area contributed by atoms with E-state index in [-0.39, 0.29) is 5.60 Å². The number of hydrogen-bond acceptors (Lipinski definition) is 2. The molecule has 1 saturated heterocycles. The number of aryl methyl sites for hydroxylation is 1. The van der Waals surface area contributed by atoms with Crippen molar-refractivity contribution in [2.45, 2.75) is 25.4 Å². The number of para-hydroxylation sites is 2. The van der Waals surface area contributed by atoms with Gasteiger partial charge in [-0.2, -0.15) is 0 Å². The van der Waals surface area contributed by atoms with E-state index in [2.05, 4.69) is 21.7 Å². The first kappa shape index (κ1) is 12.5. The molecule has 1 fully saturated rings. The van der Waals surface area contributed by atoms with Crippen molar-refractivity contribution in [3.8, 4) is 11.4 Å². The fourth-order valence-electron chi connectivity index (χ4n) is 3.66. The normalized spacial score (nSPS) is 18.5. The van der Waals surface area contributed by atoms with E-state index in [4.69, 9.17) is 11.3 Å². The molecule has 1 N–H and O–H groups in total. The summed E-state index contributed by atoms with van der Waals surface area (Å²) in [6.07, 6.45) is 1.87. The van der Waals surface area contributed by atoms with Crippen LogP contribution >= 0.6 is 0 Å². The van der Waals surface area contributed by atoms with Crippen molar-refractivity contribution in [1.29, 1.82) is 0 Å². The van der Waals surface area contributed by atoms with Crippen LogP contribution in [-0.4, -0.2) is 17.7 Å². The zero-order valence-electron chi connectivity index (χ0n) is 12.0. The Morgan fingerprint density at radius 3 is 2.81 bits per heavy atom. The Bertz CT molecular complexity index is 748. The van der Waals surface area contributed by atoms with Gasteiger partial charge in [0.25, 0.3) is 0 Å². The quantitative estimate of drug-likeness (QED) is 0.750. The van der Waals surface area contributed by atoms with Gasteiger partial charge in [0.15, 0.2) is 17.0 Å². The molecule has 0 aliphatic carbocycles. The molecule has 2 aliphatic heterocycles. The standard InChI is InChI=1S/C17H17N3O/c1-12-11-15(18-2)20-13-5-3-4-6-14(13)21-17(16(12)20)7-9-19-10-8-17/h3-6,11,19H,7-10H2,1H3. The molecule has 4 nitrogen and oxygen atoms in total. The second-order valence-corrected chi connectivity index (χ2v) is 5.80. The zero-order chi connectivity index (χ0) is 14.4. The summed E-state index contributed by atoms with van der Waals surface area (Å²) in [5.74, 6) is 1.56. The molecule has 4 heteroatoms. The number of fused-ring (bicyclic) bond motifs is 4. The van der Waals surface area contributed by atoms with E-state index in [1.165, 1.54) is 0 Å². The van der Waals surface area contributed by atoms with Gasteiger partial charge in [-0.1, -0.05) is 18.7 Å². The Morgan fingerprint density at radius 2 is 2.05 bits per heavy atom. The number of piperidine rings is 1. The van der Waals surface area contributed by atoms with Crippen LogP contribution in [0.1, 0.15) is 24.1 Å². The second kappa shape index (κ2) is 4.37. The van der Waals surface area contributed by atoms with Crippen molar-refractivity contribution in [3.05, 3.63) is 53.0 Å². The summed E-state index contributed by atoms with van der Waals surface area (Å²) in [6.45, 7) is 11.5. The van der Waals surface area contributed by atoms with Gasteiger partial charge in [-0.25, -0.2) is 0 Å². The Kier molecular flexibility index (Phi) is 2.60. The molecule has 2 aliphatic rings. The third kappa shape index (κ3) is 1.64. The molecule has 0 amide bonds. The van der Waals surface area contributed by atoms with E-state index in [9.17, 15) is 0 Å². The number of rotatable bonds is 0. The van der Waals surface area contributed by atoms with Crippen LogP contribution in [0.15, 0.2) is 30.3 Å². The van der Waals surface area contributed by atoms with Crippen LogP contribution < -0.4 is 10.1 Å². The predicted molar refractivity (Wildman–Crippen MR) is 81.2 cm³/mol. The summed E-state index contributed by atoms with van der Waals surface area (Å²) in [4.78, 5) is 3.72. The van der Waals surface area contributed by atoms with Crippen LogP contribution in [0.25, 0.3) is 10.5 Å². The minimum atomic E-state index is -0.299. The number of aromatic nitrogens is 1. The molecule has 0 bridgehead atoms. The lowest BCUT2D eigenvalue weighted by Gasteiger charge is -2.41. The number of benzene rings is 1. The molecule has 3 heterocycles. The first-order valence-corrected chi connectivity index (χ1v) is 7.35. The van der Waals surface area contributed by atoms with Crippen molar-refractivity contribution in [3.63, 3.8) is 0 Å². The highest BCUT2D eigenvalue weighted by molar-refractivity contribution is 5.62. The highest BCUT2D eigenvalue weighted by atomic mass is 16.5. The van der Waals surface area contributed by atoms with E-state index in [0.717, 1.165) is 48.6 Å². The second-order valence-electron chi connectivity index (χ2n) is 5.80. The highest BCUT2D eigenvalue weighted by Gasteiger charge is 2.46. The fraction of sp³-hybridized carbons (Fsp3) is 0.353.